The third-order valence-electron chi connectivity index (χ3n) is 1.92. The van der Waals surface area contributed by atoms with Crippen LogP contribution in [0.15, 0.2) is 6.20 Å². The molecule has 0 aliphatic rings. The Morgan fingerprint density at radius 2 is 2.17 bits per heavy atom. The summed E-state index contributed by atoms with van der Waals surface area (Å²) in [5, 5.41) is 0. The molecule has 0 aromatic carbocycles. The number of carbonyl (C=O) groups is 1. The molecule has 1 aromatic rings. The lowest BCUT2D eigenvalue weighted by atomic mass is 10.1. The Morgan fingerprint density at radius 3 is 2.61 bits per heavy atom. The van der Waals surface area contributed by atoms with Crippen molar-refractivity contribution in [2.24, 2.45) is 5.73 Å². The summed E-state index contributed by atoms with van der Waals surface area (Å²) in [6.45, 7) is -0.311. The van der Waals surface area contributed by atoms with Gasteiger partial charge in [-0.15, -0.1) is 13.2 Å². The number of ether oxygens (including phenoxy) is 2. The molecular formula is C9H8F3IN2O3. The van der Waals surface area contributed by atoms with Crippen molar-refractivity contribution in [1.82, 2.24) is 4.98 Å². The standard InChI is InChI=1S/C9H8F3IN2O3/c1-17-8(16)6-4(2-14)5(3-15-7(6)13)18-9(10,11)12/h3H,2,14H2,1H3. The van der Waals surface area contributed by atoms with Gasteiger partial charge in [0.2, 0.25) is 0 Å². The van der Waals surface area contributed by atoms with Gasteiger partial charge in [0.25, 0.3) is 0 Å². The van der Waals surface area contributed by atoms with E-state index in [1.165, 1.54) is 0 Å². The third-order valence-corrected chi connectivity index (χ3v) is 2.74. The lowest BCUT2D eigenvalue weighted by Gasteiger charge is -2.15. The average molecular weight is 376 g/mol. The van der Waals surface area contributed by atoms with Gasteiger partial charge in [0, 0.05) is 12.1 Å². The maximum absolute atomic E-state index is 12.2. The molecule has 0 bridgehead atoms. The predicted octanol–water partition coefficient (Wildman–Crippen LogP) is 1.83. The molecule has 0 aliphatic heterocycles. The second-order valence-electron chi connectivity index (χ2n) is 3.01. The van der Waals surface area contributed by atoms with E-state index in [1.807, 2.05) is 0 Å². The number of hydrogen-bond donors (Lipinski definition) is 1. The Hall–Kier alpha value is -1.10. The van der Waals surface area contributed by atoms with Crippen molar-refractivity contribution < 1.29 is 27.4 Å². The SMILES string of the molecule is COC(=O)c1c(I)ncc(OC(F)(F)F)c1CN. The van der Waals surface area contributed by atoms with Crippen LogP contribution in [0.1, 0.15) is 15.9 Å². The zero-order valence-corrected chi connectivity index (χ0v) is 11.2. The fourth-order valence-corrected chi connectivity index (χ4v) is 1.92. The van der Waals surface area contributed by atoms with Crippen LogP contribution in [0.25, 0.3) is 0 Å². The fraction of sp³-hybridized carbons (Fsp3) is 0.333. The highest BCUT2D eigenvalue weighted by Crippen LogP contribution is 2.29. The number of esters is 1. The summed E-state index contributed by atoms with van der Waals surface area (Å²) in [5.74, 6) is -1.43. The normalized spacial score (nSPS) is 11.2. The van der Waals surface area contributed by atoms with E-state index < -0.39 is 18.1 Å². The highest BCUT2D eigenvalue weighted by atomic mass is 127. The minimum absolute atomic E-state index is 0.0985. The van der Waals surface area contributed by atoms with E-state index in [2.05, 4.69) is 14.5 Å². The van der Waals surface area contributed by atoms with Gasteiger partial charge in [-0.2, -0.15) is 0 Å². The van der Waals surface area contributed by atoms with E-state index in [1.54, 1.807) is 22.6 Å². The Balaban J connectivity index is 3.34. The summed E-state index contributed by atoms with van der Waals surface area (Å²) in [4.78, 5) is 15.1. The fourth-order valence-electron chi connectivity index (χ4n) is 1.23. The Bertz CT molecular complexity index is 465. The molecule has 1 aromatic heterocycles. The van der Waals surface area contributed by atoms with Crippen LogP contribution in [0.5, 0.6) is 5.75 Å². The molecule has 0 saturated heterocycles. The minimum atomic E-state index is -4.88. The number of pyridine rings is 1. The molecule has 0 atom stereocenters. The molecule has 0 radical (unpaired) electrons. The number of hydrogen-bond acceptors (Lipinski definition) is 5. The summed E-state index contributed by atoms with van der Waals surface area (Å²) in [6.07, 6.45) is -4.02. The van der Waals surface area contributed by atoms with Crippen molar-refractivity contribution in [3.63, 3.8) is 0 Å². The molecule has 1 heterocycles. The summed E-state index contributed by atoms with van der Waals surface area (Å²) in [5.41, 5.74) is 5.12. The van der Waals surface area contributed by atoms with Crippen molar-refractivity contribution >= 4 is 28.6 Å². The first-order valence-corrected chi connectivity index (χ1v) is 5.59. The van der Waals surface area contributed by atoms with E-state index in [0.29, 0.717) is 0 Å². The summed E-state index contributed by atoms with van der Waals surface area (Å²) >= 11 is 1.70. The van der Waals surface area contributed by atoms with E-state index in [9.17, 15) is 18.0 Å². The highest BCUT2D eigenvalue weighted by Gasteiger charge is 2.33. The van der Waals surface area contributed by atoms with Crippen molar-refractivity contribution in [3.8, 4) is 5.75 Å². The maximum atomic E-state index is 12.2. The van der Waals surface area contributed by atoms with Crippen molar-refractivity contribution in [1.29, 1.82) is 0 Å². The maximum Gasteiger partial charge on any atom is 0.573 e. The number of carbonyl (C=O) groups excluding carboxylic acids is 1. The molecule has 100 valence electrons. The molecule has 18 heavy (non-hydrogen) atoms. The first-order chi connectivity index (χ1) is 8.30. The van der Waals surface area contributed by atoms with Crippen LogP contribution in [0.4, 0.5) is 13.2 Å². The molecule has 0 spiro atoms. The van der Waals surface area contributed by atoms with Gasteiger partial charge in [-0.05, 0) is 22.6 Å². The van der Waals surface area contributed by atoms with Gasteiger partial charge in [-0.3, -0.25) is 0 Å². The zero-order valence-electron chi connectivity index (χ0n) is 9.05. The van der Waals surface area contributed by atoms with Crippen molar-refractivity contribution in [3.05, 3.63) is 21.0 Å². The Kier molecular flexibility index (Phi) is 4.73. The number of methoxy groups -OCH3 is 1. The van der Waals surface area contributed by atoms with Crippen molar-refractivity contribution in [2.75, 3.05) is 7.11 Å². The van der Waals surface area contributed by atoms with Crippen LogP contribution in [-0.4, -0.2) is 24.4 Å². The molecular weight excluding hydrogens is 368 g/mol. The molecule has 2 N–H and O–H groups in total. The largest absolute Gasteiger partial charge is 0.573 e. The zero-order chi connectivity index (χ0) is 13.9. The van der Waals surface area contributed by atoms with Gasteiger partial charge in [0.05, 0.1) is 18.9 Å². The first kappa shape index (κ1) is 15.0. The summed E-state index contributed by atoms with van der Waals surface area (Å²) < 4.78 is 44.9. The van der Waals surface area contributed by atoms with Gasteiger partial charge in [-0.1, -0.05) is 0 Å². The van der Waals surface area contributed by atoms with Crippen LogP contribution in [0, 0.1) is 3.70 Å². The van der Waals surface area contributed by atoms with Crippen molar-refractivity contribution in [2.45, 2.75) is 12.9 Å². The number of aromatic nitrogens is 1. The summed E-state index contributed by atoms with van der Waals surface area (Å²) in [7, 11) is 1.11. The molecule has 5 nitrogen and oxygen atoms in total. The van der Waals surface area contributed by atoms with Gasteiger partial charge in [-0.25, -0.2) is 9.78 Å². The quantitative estimate of drug-likeness (QED) is 0.495. The first-order valence-electron chi connectivity index (χ1n) is 4.51. The van der Waals surface area contributed by atoms with Gasteiger partial charge >= 0.3 is 12.3 Å². The monoisotopic (exact) mass is 376 g/mol. The molecule has 1 rings (SSSR count). The van der Waals surface area contributed by atoms with E-state index >= 15 is 0 Å². The van der Waals surface area contributed by atoms with Gasteiger partial charge in [0.1, 0.15) is 3.70 Å². The van der Waals surface area contributed by atoms with E-state index in [-0.39, 0.29) is 21.4 Å². The molecule has 0 unspecified atom stereocenters. The highest BCUT2D eigenvalue weighted by molar-refractivity contribution is 14.1. The second-order valence-corrected chi connectivity index (χ2v) is 4.03. The minimum Gasteiger partial charge on any atom is -0.465 e. The second kappa shape index (κ2) is 5.69. The Labute approximate surface area is 114 Å². The smallest absolute Gasteiger partial charge is 0.465 e. The number of rotatable bonds is 3. The number of halogens is 4. The predicted molar refractivity (Wildman–Crippen MR) is 62.9 cm³/mol. The average Bonchev–Trinajstić information content (AvgIpc) is 2.28. The number of alkyl halides is 3. The number of nitrogens with zero attached hydrogens (tertiary/aromatic N) is 1. The molecule has 0 fully saturated rings. The third kappa shape index (κ3) is 3.45. The molecule has 0 saturated carbocycles. The molecule has 9 heteroatoms. The topological polar surface area (TPSA) is 74.4 Å². The van der Waals surface area contributed by atoms with Crippen LogP contribution >= 0.6 is 22.6 Å². The van der Waals surface area contributed by atoms with E-state index in [4.69, 9.17) is 5.73 Å². The molecule has 0 aliphatic carbocycles. The molecule has 0 amide bonds. The van der Waals surface area contributed by atoms with E-state index in [0.717, 1.165) is 13.3 Å². The lowest BCUT2D eigenvalue weighted by molar-refractivity contribution is -0.275. The van der Waals surface area contributed by atoms with Gasteiger partial charge < -0.3 is 15.2 Å². The van der Waals surface area contributed by atoms with Crippen LogP contribution < -0.4 is 10.5 Å². The van der Waals surface area contributed by atoms with Crippen LogP contribution in [0.2, 0.25) is 0 Å². The Morgan fingerprint density at radius 1 is 1.56 bits per heavy atom. The van der Waals surface area contributed by atoms with Crippen LogP contribution in [-0.2, 0) is 11.3 Å². The summed E-state index contributed by atoms with van der Waals surface area (Å²) in [6, 6.07) is 0. The number of nitrogens with two attached hydrogens (primary N) is 1. The van der Waals surface area contributed by atoms with Crippen LogP contribution in [0.3, 0.4) is 0 Å². The lowest BCUT2D eigenvalue weighted by Crippen LogP contribution is -2.21. The van der Waals surface area contributed by atoms with Gasteiger partial charge in [0.15, 0.2) is 5.75 Å².